The van der Waals surface area contributed by atoms with Crippen molar-refractivity contribution in [2.24, 2.45) is 0 Å². The zero-order chi connectivity index (χ0) is 11.8. The highest BCUT2D eigenvalue weighted by molar-refractivity contribution is 8.13. The highest BCUT2D eigenvalue weighted by atomic mass is 35.7. The van der Waals surface area contributed by atoms with Gasteiger partial charge in [-0.2, -0.15) is 0 Å². The maximum Gasteiger partial charge on any atom is 0.297 e. The van der Waals surface area contributed by atoms with Crippen molar-refractivity contribution >= 4 is 19.7 Å². The smallest absolute Gasteiger partial charge is 0.297 e. The van der Waals surface area contributed by atoms with Crippen LogP contribution >= 0.6 is 10.7 Å². The first kappa shape index (κ1) is 11.2. The van der Waals surface area contributed by atoms with Crippen LogP contribution in [0.15, 0.2) is 39.9 Å². The van der Waals surface area contributed by atoms with Gasteiger partial charge in [0.1, 0.15) is 5.69 Å². The number of aromatic nitrogens is 1. The Hall–Kier alpha value is -1.33. The van der Waals surface area contributed by atoms with Crippen molar-refractivity contribution in [2.75, 3.05) is 0 Å². The third-order valence-electron chi connectivity index (χ3n) is 2.04. The zero-order valence-electron chi connectivity index (χ0n) is 8.34. The van der Waals surface area contributed by atoms with Crippen LogP contribution in [0.2, 0.25) is 0 Å². The van der Waals surface area contributed by atoms with Gasteiger partial charge in [0, 0.05) is 22.3 Å². The SMILES string of the molecule is Cc1cccc(-c2cc(S(=O)(=O)Cl)on2)c1. The van der Waals surface area contributed by atoms with Gasteiger partial charge in [0.2, 0.25) is 0 Å². The lowest BCUT2D eigenvalue weighted by Crippen LogP contribution is -1.85. The average Bonchev–Trinajstić information content (AvgIpc) is 2.65. The number of aryl methyl sites for hydroxylation is 1. The van der Waals surface area contributed by atoms with Crippen molar-refractivity contribution in [2.45, 2.75) is 12.0 Å². The summed E-state index contributed by atoms with van der Waals surface area (Å²) in [6.07, 6.45) is 0. The quantitative estimate of drug-likeness (QED) is 0.776. The van der Waals surface area contributed by atoms with Crippen LogP contribution in [0.5, 0.6) is 0 Å². The summed E-state index contributed by atoms with van der Waals surface area (Å²) in [5.74, 6) is 0. The predicted molar refractivity (Wildman–Crippen MR) is 59.7 cm³/mol. The highest BCUT2D eigenvalue weighted by Crippen LogP contribution is 2.23. The summed E-state index contributed by atoms with van der Waals surface area (Å²) in [4.78, 5) is 0. The van der Waals surface area contributed by atoms with Crippen molar-refractivity contribution in [3.63, 3.8) is 0 Å². The second-order valence-electron chi connectivity index (χ2n) is 3.34. The van der Waals surface area contributed by atoms with E-state index in [1.54, 1.807) is 0 Å². The zero-order valence-corrected chi connectivity index (χ0v) is 9.92. The maximum absolute atomic E-state index is 11.0. The molecule has 0 unspecified atom stereocenters. The Balaban J connectivity index is 2.47. The Bertz CT molecular complexity index is 618. The molecular weight excluding hydrogens is 250 g/mol. The standard InChI is InChI=1S/C10H8ClNO3S/c1-7-3-2-4-8(5-7)9-6-10(15-12-9)16(11,13)14/h2-6H,1H3. The average molecular weight is 258 g/mol. The van der Waals surface area contributed by atoms with Gasteiger partial charge in [-0.05, 0) is 13.0 Å². The maximum atomic E-state index is 11.0. The molecule has 0 amide bonds. The lowest BCUT2D eigenvalue weighted by molar-refractivity contribution is 0.343. The summed E-state index contributed by atoms with van der Waals surface area (Å²) < 4.78 is 26.6. The van der Waals surface area contributed by atoms with Crippen molar-refractivity contribution in [3.8, 4) is 11.3 Å². The molecule has 0 aliphatic rings. The lowest BCUT2D eigenvalue weighted by atomic mass is 10.1. The third-order valence-corrected chi connectivity index (χ3v) is 3.17. The monoisotopic (exact) mass is 257 g/mol. The van der Waals surface area contributed by atoms with E-state index in [0.29, 0.717) is 5.69 Å². The van der Waals surface area contributed by atoms with E-state index in [-0.39, 0.29) is 5.09 Å². The van der Waals surface area contributed by atoms with E-state index in [0.717, 1.165) is 11.1 Å². The minimum atomic E-state index is -3.86. The molecule has 84 valence electrons. The summed E-state index contributed by atoms with van der Waals surface area (Å²) in [5, 5.41) is 3.31. The van der Waals surface area contributed by atoms with Crippen molar-refractivity contribution in [1.29, 1.82) is 0 Å². The number of nitrogens with zero attached hydrogens (tertiary/aromatic N) is 1. The van der Waals surface area contributed by atoms with Gasteiger partial charge >= 0.3 is 0 Å². The van der Waals surface area contributed by atoms with E-state index >= 15 is 0 Å². The number of hydrogen-bond acceptors (Lipinski definition) is 4. The van der Waals surface area contributed by atoms with Crippen LogP contribution in [0.25, 0.3) is 11.3 Å². The van der Waals surface area contributed by atoms with Gasteiger partial charge in [0.25, 0.3) is 14.1 Å². The molecule has 0 radical (unpaired) electrons. The van der Waals surface area contributed by atoms with Gasteiger partial charge < -0.3 is 4.52 Å². The van der Waals surface area contributed by atoms with Crippen molar-refractivity contribution in [3.05, 3.63) is 35.9 Å². The van der Waals surface area contributed by atoms with Crippen LogP contribution in [-0.2, 0) is 9.05 Å². The third kappa shape index (κ3) is 2.25. The molecule has 0 saturated heterocycles. The van der Waals surface area contributed by atoms with E-state index < -0.39 is 9.05 Å². The number of hydrogen-bond donors (Lipinski definition) is 0. The van der Waals surface area contributed by atoms with E-state index in [1.807, 2.05) is 31.2 Å². The molecule has 0 fully saturated rings. The molecule has 0 N–H and O–H groups in total. The number of halogens is 1. The second kappa shape index (κ2) is 3.92. The largest absolute Gasteiger partial charge is 0.343 e. The number of rotatable bonds is 2. The summed E-state index contributed by atoms with van der Waals surface area (Å²) in [6, 6.07) is 8.78. The Morgan fingerprint density at radius 3 is 2.62 bits per heavy atom. The fourth-order valence-corrected chi connectivity index (χ4v) is 1.91. The van der Waals surface area contributed by atoms with Gasteiger partial charge in [0.05, 0.1) is 0 Å². The molecule has 1 heterocycles. The molecule has 1 aromatic heterocycles. The molecule has 0 aliphatic carbocycles. The van der Waals surface area contributed by atoms with E-state index in [1.165, 1.54) is 6.07 Å². The van der Waals surface area contributed by atoms with Gasteiger partial charge in [0.15, 0.2) is 0 Å². The molecule has 0 atom stereocenters. The Morgan fingerprint density at radius 2 is 2.06 bits per heavy atom. The Kier molecular flexibility index (Phi) is 2.73. The molecule has 0 saturated carbocycles. The first-order valence-electron chi connectivity index (χ1n) is 4.45. The summed E-state index contributed by atoms with van der Waals surface area (Å²) >= 11 is 0. The fourth-order valence-electron chi connectivity index (χ4n) is 1.31. The highest BCUT2D eigenvalue weighted by Gasteiger charge is 2.17. The molecule has 6 heteroatoms. The van der Waals surface area contributed by atoms with E-state index in [2.05, 4.69) is 9.68 Å². The normalized spacial score (nSPS) is 11.6. The Morgan fingerprint density at radius 1 is 1.31 bits per heavy atom. The number of benzene rings is 1. The van der Waals surface area contributed by atoms with Crippen molar-refractivity contribution in [1.82, 2.24) is 5.16 Å². The summed E-state index contributed by atoms with van der Waals surface area (Å²) in [6.45, 7) is 1.93. The van der Waals surface area contributed by atoms with Crippen LogP contribution in [0.4, 0.5) is 0 Å². The fraction of sp³-hybridized carbons (Fsp3) is 0.100. The molecule has 0 aliphatic heterocycles. The lowest BCUT2D eigenvalue weighted by Gasteiger charge is -1.95. The van der Waals surface area contributed by atoms with E-state index in [9.17, 15) is 8.42 Å². The van der Waals surface area contributed by atoms with Gasteiger partial charge in [-0.15, -0.1) is 0 Å². The van der Waals surface area contributed by atoms with Crippen LogP contribution in [0, 0.1) is 6.92 Å². The summed E-state index contributed by atoms with van der Waals surface area (Å²) in [5.41, 5.74) is 2.29. The Labute approximate surface area is 97.3 Å². The predicted octanol–water partition coefficient (Wildman–Crippen LogP) is 2.58. The van der Waals surface area contributed by atoms with Crippen molar-refractivity contribution < 1.29 is 12.9 Å². The molecule has 16 heavy (non-hydrogen) atoms. The molecule has 0 bridgehead atoms. The molecule has 2 aromatic rings. The van der Waals surface area contributed by atoms with Crippen LogP contribution < -0.4 is 0 Å². The second-order valence-corrected chi connectivity index (χ2v) is 5.84. The molecular formula is C10H8ClNO3S. The van der Waals surface area contributed by atoms with Crippen LogP contribution in [0.3, 0.4) is 0 Å². The van der Waals surface area contributed by atoms with Crippen LogP contribution in [0.1, 0.15) is 5.56 Å². The van der Waals surface area contributed by atoms with Gasteiger partial charge in [-0.25, -0.2) is 8.42 Å². The van der Waals surface area contributed by atoms with Crippen LogP contribution in [-0.4, -0.2) is 13.6 Å². The van der Waals surface area contributed by atoms with Gasteiger partial charge in [-0.1, -0.05) is 28.9 Å². The first-order valence-corrected chi connectivity index (χ1v) is 6.76. The van der Waals surface area contributed by atoms with E-state index in [4.69, 9.17) is 10.7 Å². The molecule has 4 nitrogen and oxygen atoms in total. The molecule has 2 rings (SSSR count). The van der Waals surface area contributed by atoms with Gasteiger partial charge in [-0.3, -0.25) is 0 Å². The topological polar surface area (TPSA) is 60.2 Å². The first-order chi connectivity index (χ1) is 7.47. The minimum Gasteiger partial charge on any atom is -0.343 e. The molecule has 0 spiro atoms. The summed E-state index contributed by atoms with van der Waals surface area (Å²) in [7, 11) is 1.27. The minimum absolute atomic E-state index is 0.342. The molecule has 1 aromatic carbocycles.